The van der Waals surface area contributed by atoms with E-state index in [9.17, 15) is 4.79 Å². The van der Waals surface area contributed by atoms with Crippen molar-refractivity contribution >= 4 is 5.91 Å². The Hall–Kier alpha value is -2.03. The first-order valence-electron chi connectivity index (χ1n) is 6.47. The van der Waals surface area contributed by atoms with Crippen molar-refractivity contribution in [2.45, 2.75) is 26.3 Å². The molecule has 0 aliphatic heterocycles. The van der Waals surface area contributed by atoms with Crippen molar-refractivity contribution in [2.24, 2.45) is 0 Å². The van der Waals surface area contributed by atoms with Crippen LogP contribution in [0.25, 0.3) is 0 Å². The van der Waals surface area contributed by atoms with Crippen LogP contribution in [0.4, 0.5) is 0 Å². The van der Waals surface area contributed by atoms with Gasteiger partial charge in [-0.05, 0) is 30.2 Å². The molecular weight excluding hydrogens is 238 g/mol. The summed E-state index contributed by atoms with van der Waals surface area (Å²) < 4.78 is 5.23. The van der Waals surface area contributed by atoms with Gasteiger partial charge in [-0.3, -0.25) is 4.79 Å². The van der Waals surface area contributed by atoms with Crippen LogP contribution in [-0.4, -0.2) is 17.9 Å². The van der Waals surface area contributed by atoms with Gasteiger partial charge in [0.2, 0.25) is 5.91 Å². The van der Waals surface area contributed by atoms with Crippen LogP contribution >= 0.6 is 0 Å². The first-order chi connectivity index (χ1) is 9.16. The minimum atomic E-state index is 0.139. The first kappa shape index (κ1) is 13.4. The lowest BCUT2D eigenvalue weighted by molar-refractivity contribution is -0.130. The molecule has 0 saturated heterocycles. The Morgan fingerprint density at radius 1 is 1.21 bits per heavy atom. The third-order valence-electron chi connectivity index (χ3n) is 3.26. The van der Waals surface area contributed by atoms with Gasteiger partial charge in [0.15, 0.2) is 0 Å². The highest BCUT2D eigenvalue weighted by Gasteiger charge is 2.11. The van der Waals surface area contributed by atoms with Crippen LogP contribution in [0, 0.1) is 6.92 Å². The second-order valence-electron chi connectivity index (χ2n) is 4.76. The molecule has 2 rings (SSSR count). The van der Waals surface area contributed by atoms with Crippen molar-refractivity contribution in [1.82, 2.24) is 4.90 Å². The molecule has 0 radical (unpaired) electrons. The largest absolute Gasteiger partial charge is 0.469 e. The number of hydrogen-bond acceptors (Lipinski definition) is 2. The molecule has 2 aromatic rings. The zero-order valence-electron chi connectivity index (χ0n) is 11.4. The Kier molecular flexibility index (Phi) is 4.39. The number of furan rings is 1. The van der Waals surface area contributed by atoms with Crippen molar-refractivity contribution in [1.29, 1.82) is 0 Å². The molecule has 0 unspecified atom stereocenters. The lowest BCUT2D eigenvalue weighted by atomic mass is 10.1. The van der Waals surface area contributed by atoms with Crippen LogP contribution < -0.4 is 0 Å². The van der Waals surface area contributed by atoms with Crippen LogP contribution in [0.2, 0.25) is 0 Å². The van der Waals surface area contributed by atoms with E-state index in [1.54, 1.807) is 11.2 Å². The molecule has 0 aliphatic carbocycles. The highest BCUT2D eigenvalue weighted by atomic mass is 16.3. The molecule has 3 heteroatoms. The Morgan fingerprint density at radius 2 is 2.00 bits per heavy atom. The Morgan fingerprint density at radius 3 is 2.68 bits per heavy atom. The van der Waals surface area contributed by atoms with Gasteiger partial charge in [0.1, 0.15) is 5.76 Å². The molecule has 0 aliphatic rings. The second-order valence-corrected chi connectivity index (χ2v) is 4.76. The fourth-order valence-corrected chi connectivity index (χ4v) is 2.01. The van der Waals surface area contributed by atoms with Gasteiger partial charge in [0, 0.05) is 26.4 Å². The summed E-state index contributed by atoms with van der Waals surface area (Å²) in [5.74, 6) is 0.997. The quantitative estimate of drug-likeness (QED) is 0.824. The van der Waals surface area contributed by atoms with Crippen molar-refractivity contribution in [2.75, 3.05) is 7.05 Å². The van der Waals surface area contributed by atoms with Gasteiger partial charge in [-0.2, -0.15) is 0 Å². The summed E-state index contributed by atoms with van der Waals surface area (Å²) in [7, 11) is 1.84. The van der Waals surface area contributed by atoms with Gasteiger partial charge in [0.25, 0.3) is 0 Å². The zero-order valence-corrected chi connectivity index (χ0v) is 11.4. The lowest BCUT2D eigenvalue weighted by Crippen LogP contribution is -2.26. The molecule has 1 heterocycles. The maximum absolute atomic E-state index is 12.0. The number of amides is 1. The third-order valence-corrected chi connectivity index (χ3v) is 3.26. The van der Waals surface area contributed by atoms with E-state index in [4.69, 9.17) is 4.42 Å². The van der Waals surface area contributed by atoms with Gasteiger partial charge in [-0.25, -0.2) is 0 Å². The molecule has 0 spiro atoms. The predicted molar refractivity (Wildman–Crippen MR) is 74.7 cm³/mol. The van der Waals surface area contributed by atoms with E-state index in [2.05, 4.69) is 19.1 Å². The average Bonchev–Trinajstić information content (AvgIpc) is 2.91. The summed E-state index contributed by atoms with van der Waals surface area (Å²) in [4.78, 5) is 13.8. The van der Waals surface area contributed by atoms with E-state index in [1.807, 2.05) is 31.3 Å². The van der Waals surface area contributed by atoms with Crippen LogP contribution in [0.3, 0.4) is 0 Å². The molecule has 0 bridgehead atoms. The zero-order chi connectivity index (χ0) is 13.7. The van der Waals surface area contributed by atoms with Gasteiger partial charge >= 0.3 is 0 Å². The predicted octanol–water partition coefficient (Wildman–Crippen LogP) is 3.18. The standard InChI is InChI=1S/C16H19NO2/c1-13-6-3-4-7-14(13)12-17(2)16(18)10-9-15-8-5-11-19-15/h3-8,11H,9-10,12H2,1-2H3. The lowest BCUT2D eigenvalue weighted by Gasteiger charge is -2.18. The first-order valence-corrected chi connectivity index (χ1v) is 6.47. The van der Waals surface area contributed by atoms with E-state index >= 15 is 0 Å². The van der Waals surface area contributed by atoms with E-state index in [1.165, 1.54) is 11.1 Å². The minimum Gasteiger partial charge on any atom is -0.469 e. The van der Waals surface area contributed by atoms with Crippen LogP contribution in [0.5, 0.6) is 0 Å². The minimum absolute atomic E-state index is 0.139. The molecule has 0 saturated carbocycles. The number of carbonyl (C=O) groups is 1. The Bertz CT molecular complexity index is 531. The Balaban J connectivity index is 1.87. The number of benzene rings is 1. The van der Waals surface area contributed by atoms with E-state index < -0.39 is 0 Å². The molecule has 0 atom stereocenters. The van der Waals surface area contributed by atoms with Crippen LogP contribution in [0.1, 0.15) is 23.3 Å². The molecular formula is C16H19NO2. The number of aryl methyl sites for hydroxylation is 2. The molecule has 3 nitrogen and oxygen atoms in total. The Labute approximate surface area is 113 Å². The molecule has 19 heavy (non-hydrogen) atoms. The van der Waals surface area contributed by atoms with Gasteiger partial charge in [-0.15, -0.1) is 0 Å². The molecule has 100 valence electrons. The van der Waals surface area contributed by atoms with E-state index in [0.29, 0.717) is 19.4 Å². The molecule has 1 amide bonds. The third kappa shape index (κ3) is 3.71. The summed E-state index contributed by atoms with van der Waals surface area (Å²) in [6.07, 6.45) is 2.77. The maximum Gasteiger partial charge on any atom is 0.223 e. The summed E-state index contributed by atoms with van der Waals surface area (Å²) in [6.45, 7) is 2.72. The molecule has 1 aromatic carbocycles. The molecule has 0 N–H and O–H groups in total. The van der Waals surface area contributed by atoms with Crippen molar-refractivity contribution in [3.63, 3.8) is 0 Å². The van der Waals surface area contributed by atoms with Crippen molar-refractivity contribution in [3.8, 4) is 0 Å². The van der Waals surface area contributed by atoms with Gasteiger partial charge in [0.05, 0.1) is 6.26 Å². The van der Waals surface area contributed by atoms with E-state index in [-0.39, 0.29) is 5.91 Å². The van der Waals surface area contributed by atoms with Gasteiger partial charge in [-0.1, -0.05) is 24.3 Å². The summed E-state index contributed by atoms with van der Waals surface area (Å²) in [6, 6.07) is 11.9. The smallest absolute Gasteiger partial charge is 0.223 e. The normalized spacial score (nSPS) is 10.4. The SMILES string of the molecule is Cc1ccccc1CN(C)C(=O)CCc1ccco1. The topological polar surface area (TPSA) is 33.5 Å². The van der Waals surface area contributed by atoms with Crippen LogP contribution in [0.15, 0.2) is 47.1 Å². The monoisotopic (exact) mass is 257 g/mol. The second kappa shape index (κ2) is 6.23. The number of rotatable bonds is 5. The molecule has 1 aromatic heterocycles. The maximum atomic E-state index is 12.0. The van der Waals surface area contributed by atoms with Crippen LogP contribution in [-0.2, 0) is 17.8 Å². The fraction of sp³-hybridized carbons (Fsp3) is 0.312. The summed E-state index contributed by atoms with van der Waals surface area (Å²) >= 11 is 0. The van der Waals surface area contributed by atoms with Gasteiger partial charge < -0.3 is 9.32 Å². The number of carbonyl (C=O) groups excluding carboxylic acids is 1. The number of hydrogen-bond donors (Lipinski definition) is 0. The highest BCUT2D eigenvalue weighted by molar-refractivity contribution is 5.76. The van der Waals surface area contributed by atoms with E-state index in [0.717, 1.165) is 5.76 Å². The van der Waals surface area contributed by atoms with Crippen molar-refractivity contribution < 1.29 is 9.21 Å². The summed E-state index contributed by atoms with van der Waals surface area (Å²) in [5, 5.41) is 0. The summed E-state index contributed by atoms with van der Waals surface area (Å²) in [5.41, 5.74) is 2.41. The average molecular weight is 257 g/mol. The van der Waals surface area contributed by atoms with Crippen molar-refractivity contribution in [3.05, 3.63) is 59.5 Å². The number of nitrogens with zero attached hydrogens (tertiary/aromatic N) is 1. The highest BCUT2D eigenvalue weighted by Crippen LogP contribution is 2.11. The molecule has 0 fully saturated rings. The fourth-order valence-electron chi connectivity index (χ4n) is 2.01.